The van der Waals surface area contributed by atoms with Crippen LogP contribution in [0.3, 0.4) is 0 Å². The number of nitrogens with zero attached hydrogens (tertiary/aromatic N) is 4. The van der Waals surface area contributed by atoms with Gasteiger partial charge in [-0.05, 0) is 54.3 Å². The SMILES string of the molecule is N#Cc1cccc(-c2ccc3n(c2=O)C[C@@H]2C[C@@H]3CN(Cc3ccccn3)C2)c1. The molecule has 5 heteroatoms. The summed E-state index contributed by atoms with van der Waals surface area (Å²) in [6, 6.07) is 19.6. The average Bonchev–Trinajstić information content (AvgIpc) is 2.75. The van der Waals surface area contributed by atoms with Crippen LogP contribution >= 0.6 is 0 Å². The fourth-order valence-corrected chi connectivity index (χ4v) is 4.87. The van der Waals surface area contributed by atoms with E-state index in [4.69, 9.17) is 5.26 Å². The van der Waals surface area contributed by atoms with E-state index < -0.39 is 0 Å². The largest absolute Gasteiger partial charge is 0.311 e. The zero-order valence-corrected chi connectivity index (χ0v) is 16.2. The summed E-state index contributed by atoms with van der Waals surface area (Å²) in [7, 11) is 0. The molecule has 1 saturated heterocycles. The molecule has 2 aliphatic heterocycles. The second-order valence-electron chi connectivity index (χ2n) is 8.09. The Bertz CT molecular complexity index is 1150. The summed E-state index contributed by atoms with van der Waals surface area (Å²) < 4.78 is 1.98. The summed E-state index contributed by atoms with van der Waals surface area (Å²) in [5, 5.41) is 9.17. The van der Waals surface area contributed by atoms with E-state index in [0.29, 0.717) is 23.0 Å². The normalized spacial score (nSPS) is 20.7. The summed E-state index contributed by atoms with van der Waals surface area (Å²) in [5.41, 5.74) is 4.36. The molecular weight excluding hydrogens is 360 g/mol. The van der Waals surface area contributed by atoms with E-state index >= 15 is 0 Å². The molecular formula is C24H22N4O. The topological polar surface area (TPSA) is 61.9 Å². The molecule has 0 saturated carbocycles. The van der Waals surface area contributed by atoms with Gasteiger partial charge in [0, 0.05) is 49.6 Å². The van der Waals surface area contributed by atoms with Crippen molar-refractivity contribution < 1.29 is 0 Å². The Morgan fingerprint density at radius 2 is 2.00 bits per heavy atom. The highest BCUT2D eigenvalue weighted by atomic mass is 16.1. The Balaban J connectivity index is 1.45. The van der Waals surface area contributed by atoms with Gasteiger partial charge in [-0.1, -0.05) is 18.2 Å². The van der Waals surface area contributed by atoms with Crippen LogP contribution in [0, 0.1) is 17.2 Å². The van der Waals surface area contributed by atoms with E-state index in [9.17, 15) is 4.79 Å². The smallest absolute Gasteiger partial charge is 0.258 e. The lowest BCUT2D eigenvalue weighted by molar-refractivity contribution is 0.113. The van der Waals surface area contributed by atoms with E-state index in [1.165, 1.54) is 0 Å². The molecule has 1 fully saturated rings. The van der Waals surface area contributed by atoms with Crippen molar-refractivity contribution in [2.75, 3.05) is 13.1 Å². The van der Waals surface area contributed by atoms with Crippen LogP contribution in [0.5, 0.6) is 0 Å². The molecule has 3 aromatic rings. The van der Waals surface area contributed by atoms with Gasteiger partial charge in [-0.25, -0.2) is 0 Å². The van der Waals surface area contributed by atoms with Crippen molar-refractivity contribution in [3.63, 3.8) is 0 Å². The Morgan fingerprint density at radius 3 is 2.83 bits per heavy atom. The van der Waals surface area contributed by atoms with E-state index in [1.807, 2.05) is 41.1 Å². The molecule has 2 aromatic heterocycles. The molecule has 5 rings (SSSR count). The summed E-state index contributed by atoms with van der Waals surface area (Å²) in [6.45, 7) is 3.56. The van der Waals surface area contributed by atoms with Crippen LogP contribution in [0.25, 0.3) is 11.1 Å². The third-order valence-corrected chi connectivity index (χ3v) is 6.09. The maximum absolute atomic E-state index is 13.3. The molecule has 2 bridgehead atoms. The van der Waals surface area contributed by atoms with Gasteiger partial charge in [-0.15, -0.1) is 0 Å². The van der Waals surface area contributed by atoms with Gasteiger partial charge in [0.1, 0.15) is 0 Å². The first-order chi connectivity index (χ1) is 14.2. The summed E-state index contributed by atoms with van der Waals surface area (Å²) in [4.78, 5) is 20.2. The zero-order chi connectivity index (χ0) is 19.8. The standard InChI is InChI=1S/C24H22N4O/c25-12-17-4-3-5-19(10-17)22-7-8-23-20-11-18(14-28(23)24(22)29)13-27(15-20)16-21-6-1-2-9-26-21/h1-10,18,20H,11,13-16H2/t18-,20-/m1/s1. The first-order valence-corrected chi connectivity index (χ1v) is 10.1. The monoisotopic (exact) mass is 382 g/mol. The molecule has 5 nitrogen and oxygen atoms in total. The number of pyridine rings is 2. The van der Waals surface area contributed by atoms with Crippen LogP contribution in [-0.2, 0) is 13.1 Å². The lowest BCUT2D eigenvalue weighted by atomic mass is 9.82. The van der Waals surface area contributed by atoms with E-state index in [2.05, 4.69) is 28.1 Å². The van der Waals surface area contributed by atoms with Crippen LogP contribution in [0.4, 0.5) is 0 Å². The predicted octanol–water partition coefficient (Wildman–Crippen LogP) is 3.40. The van der Waals surface area contributed by atoms with Gasteiger partial charge in [-0.3, -0.25) is 14.7 Å². The number of nitriles is 1. The summed E-state index contributed by atoms with van der Waals surface area (Å²) in [6.07, 6.45) is 2.99. The van der Waals surface area contributed by atoms with Gasteiger partial charge in [0.05, 0.1) is 17.3 Å². The molecule has 0 amide bonds. The number of likely N-dealkylation sites (tertiary alicyclic amines) is 1. The summed E-state index contributed by atoms with van der Waals surface area (Å²) in [5.74, 6) is 0.849. The Kier molecular flexibility index (Phi) is 4.49. The minimum Gasteiger partial charge on any atom is -0.311 e. The Hall–Kier alpha value is -3.23. The molecule has 0 spiro atoms. The van der Waals surface area contributed by atoms with Gasteiger partial charge >= 0.3 is 0 Å². The molecule has 0 unspecified atom stereocenters. The van der Waals surface area contributed by atoms with Crippen molar-refractivity contribution >= 4 is 0 Å². The average molecular weight is 382 g/mol. The van der Waals surface area contributed by atoms with Crippen molar-refractivity contribution in [2.45, 2.75) is 25.4 Å². The third kappa shape index (κ3) is 3.37. The lowest BCUT2D eigenvalue weighted by Crippen LogP contribution is -2.47. The Morgan fingerprint density at radius 1 is 1.07 bits per heavy atom. The van der Waals surface area contributed by atoms with Gasteiger partial charge in [0.15, 0.2) is 0 Å². The van der Waals surface area contributed by atoms with Gasteiger partial charge in [-0.2, -0.15) is 5.26 Å². The van der Waals surface area contributed by atoms with Gasteiger partial charge in [0.2, 0.25) is 0 Å². The van der Waals surface area contributed by atoms with Crippen molar-refractivity contribution in [1.29, 1.82) is 5.26 Å². The van der Waals surface area contributed by atoms with Crippen molar-refractivity contribution in [3.8, 4) is 17.2 Å². The number of piperidine rings is 1. The van der Waals surface area contributed by atoms with E-state index in [-0.39, 0.29) is 5.56 Å². The summed E-state index contributed by atoms with van der Waals surface area (Å²) >= 11 is 0. The third-order valence-electron chi connectivity index (χ3n) is 6.09. The molecule has 144 valence electrons. The number of benzene rings is 1. The highest BCUT2D eigenvalue weighted by molar-refractivity contribution is 5.64. The quantitative estimate of drug-likeness (QED) is 0.697. The highest BCUT2D eigenvalue weighted by Crippen LogP contribution is 2.36. The second-order valence-corrected chi connectivity index (χ2v) is 8.09. The predicted molar refractivity (Wildman–Crippen MR) is 111 cm³/mol. The maximum atomic E-state index is 13.3. The van der Waals surface area contributed by atoms with Crippen LogP contribution < -0.4 is 5.56 Å². The van der Waals surface area contributed by atoms with Crippen molar-refractivity contribution in [1.82, 2.24) is 14.5 Å². The molecule has 1 aromatic carbocycles. The number of fused-ring (bicyclic) bond motifs is 4. The molecule has 4 heterocycles. The first kappa shape index (κ1) is 17.8. The number of aromatic nitrogens is 2. The maximum Gasteiger partial charge on any atom is 0.258 e. The lowest BCUT2D eigenvalue weighted by Gasteiger charge is -2.42. The van der Waals surface area contributed by atoms with Crippen LogP contribution in [0.2, 0.25) is 0 Å². The van der Waals surface area contributed by atoms with Crippen molar-refractivity contribution in [2.24, 2.45) is 5.92 Å². The van der Waals surface area contributed by atoms with Crippen molar-refractivity contribution in [3.05, 3.63) is 88.1 Å². The highest BCUT2D eigenvalue weighted by Gasteiger charge is 2.35. The minimum absolute atomic E-state index is 0.0606. The van der Waals surface area contributed by atoms with Gasteiger partial charge < -0.3 is 4.57 Å². The second kappa shape index (κ2) is 7.31. The number of rotatable bonds is 3. The molecule has 0 radical (unpaired) electrons. The first-order valence-electron chi connectivity index (χ1n) is 10.1. The molecule has 0 aliphatic carbocycles. The van der Waals surface area contributed by atoms with Crippen LogP contribution in [-0.4, -0.2) is 27.5 Å². The van der Waals surface area contributed by atoms with Crippen LogP contribution in [0.15, 0.2) is 65.6 Å². The van der Waals surface area contributed by atoms with Gasteiger partial charge in [0.25, 0.3) is 5.56 Å². The number of hydrogen-bond acceptors (Lipinski definition) is 4. The molecule has 2 atom stereocenters. The van der Waals surface area contributed by atoms with E-state index in [1.54, 1.807) is 12.1 Å². The van der Waals surface area contributed by atoms with Crippen LogP contribution in [0.1, 0.15) is 29.3 Å². The fourth-order valence-electron chi connectivity index (χ4n) is 4.87. The number of hydrogen-bond donors (Lipinski definition) is 0. The Labute approximate surface area is 169 Å². The molecule has 29 heavy (non-hydrogen) atoms. The minimum atomic E-state index is 0.0606. The molecule has 2 aliphatic rings. The molecule has 0 N–H and O–H groups in total. The zero-order valence-electron chi connectivity index (χ0n) is 16.2. The fraction of sp³-hybridized carbons (Fsp3) is 0.292. The van der Waals surface area contributed by atoms with E-state index in [0.717, 1.165) is 49.6 Å².